The zero-order chi connectivity index (χ0) is 16.5. The summed E-state index contributed by atoms with van der Waals surface area (Å²) in [5.41, 5.74) is 2.07. The van der Waals surface area contributed by atoms with Gasteiger partial charge in [-0.2, -0.15) is 0 Å². The first-order chi connectivity index (χ1) is 11.2. The molecule has 1 heterocycles. The quantitative estimate of drug-likeness (QED) is 0.696. The van der Waals surface area contributed by atoms with Gasteiger partial charge < -0.3 is 19.9 Å². The first kappa shape index (κ1) is 16.9. The SMILES string of the molecule is COc1ccc(C)cc1NCCC(=O)NCCCn1ccnc1. The molecule has 0 spiro atoms. The smallest absolute Gasteiger partial charge is 0.221 e. The molecular formula is C17H24N4O2. The van der Waals surface area contributed by atoms with Crippen LogP contribution in [-0.2, 0) is 11.3 Å². The van der Waals surface area contributed by atoms with E-state index in [4.69, 9.17) is 4.74 Å². The van der Waals surface area contributed by atoms with E-state index in [1.807, 2.05) is 35.9 Å². The van der Waals surface area contributed by atoms with Gasteiger partial charge in [-0.15, -0.1) is 0 Å². The van der Waals surface area contributed by atoms with E-state index in [0.29, 0.717) is 19.5 Å². The second kappa shape index (κ2) is 8.82. The lowest BCUT2D eigenvalue weighted by Gasteiger charge is -2.12. The minimum atomic E-state index is 0.0507. The number of anilines is 1. The van der Waals surface area contributed by atoms with Crippen LogP contribution in [0.25, 0.3) is 0 Å². The number of carbonyl (C=O) groups is 1. The molecule has 6 nitrogen and oxygen atoms in total. The summed E-state index contributed by atoms with van der Waals surface area (Å²) in [6.45, 7) is 4.13. The molecule has 0 bridgehead atoms. The van der Waals surface area contributed by atoms with E-state index < -0.39 is 0 Å². The van der Waals surface area contributed by atoms with Crippen molar-refractivity contribution in [2.75, 3.05) is 25.5 Å². The fraction of sp³-hybridized carbons (Fsp3) is 0.412. The van der Waals surface area contributed by atoms with Crippen LogP contribution in [0.15, 0.2) is 36.9 Å². The summed E-state index contributed by atoms with van der Waals surface area (Å²) < 4.78 is 7.30. The van der Waals surface area contributed by atoms with Gasteiger partial charge in [0.2, 0.25) is 5.91 Å². The van der Waals surface area contributed by atoms with Crippen LogP contribution in [0.3, 0.4) is 0 Å². The molecule has 0 aliphatic carbocycles. The highest BCUT2D eigenvalue weighted by Crippen LogP contribution is 2.24. The molecule has 0 unspecified atom stereocenters. The minimum Gasteiger partial charge on any atom is -0.495 e. The van der Waals surface area contributed by atoms with Gasteiger partial charge >= 0.3 is 0 Å². The lowest BCUT2D eigenvalue weighted by atomic mass is 10.2. The van der Waals surface area contributed by atoms with Gasteiger partial charge in [0.25, 0.3) is 0 Å². The molecule has 6 heteroatoms. The van der Waals surface area contributed by atoms with Crippen molar-refractivity contribution < 1.29 is 9.53 Å². The summed E-state index contributed by atoms with van der Waals surface area (Å²) in [6, 6.07) is 5.94. The predicted octanol–water partition coefficient (Wildman–Crippen LogP) is 2.21. The Labute approximate surface area is 136 Å². The number of methoxy groups -OCH3 is 1. The Morgan fingerprint density at radius 1 is 1.35 bits per heavy atom. The van der Waals surface area contributed by atoms with Crippen LogP contribution in [-0.4, -0.2) is 35.7 Å². The summed E-state index contributed by atoms with van der Waals surface area (Å²) in [5.74, 6) is 0.839. The summed E-state index contributed by atoms with van der Waals surface area (Å²) in [5, 5.41) is 6.18. The van der Waals surface area contributed by atoms with Crippen LogP contribution >= 0.6 is 0 Å². The Morgan fingerprint density at radius 2 is 2.22 bits per heavy atom. The van der Waals surface area contributed by atoms with E-state index in [2.05, 4.69) is 15.6 Å². The maximum Gasteiger partial charge on any atom is 0.221 e. The molecule has 1 aromatic carbocycles. The maximum absolute atomic E-state index is 11.8. The molecule has 23 heavy (non-hydrogen) atoms. The second-order valence-electron chi connectivity index (χ2n) is 5.38. The number of hydrogen-bond donors (Lipinski definition) is 2. The van der Waals surface area contributed by atoms with E-state index in [1.165, 1.54) is 0 Å². The molecule has 1 aromatic heterocycles. The summed E-state index contributed by atoms with van der Waals surface area (Å²) >= 11 is 0. The number of benzene rings is 1. The third-order valence-electron chi connectivity index (χ3n) is 3.50. The topological polar surface area (TPSA) is 68.2 Å². The molecule has 124 valence electrons. The van der Waals surface area contributed by atoms with Gasteiger partial charge in [0, 0.05) is 38.4 Å². The molecule has 0 radical (unpaired) electrons. The van der Waals surface area contributed by atoms with Crippen molar-refractivity contribution in [1.82, 2.24) is 14.9 Å². The van der Waals surface area contributed by atoms with Gasteiger partial charge in [0.1, 0.15) is 5.75 Å². The lowest BCUT2D eigenvalue weighted by Crippen LogP contribution is -2.27. The molecule has 0 saturated heterocycles. The van der Waals surface area contributed by atoms with Gasteiger partial charge in [-0.1, -0.05) is 6.07 Å². The fourth-order valence-corrected chi connectivity index (χ4v) is 2.27. The van der Waals surface area contributed by atoms with Crippen LogP contribution in [0.5, 0.6) is 5.75 Å². The molecule has 2 aromatic rings. The number of nitrogens with zero attached hydrogens (tertiary/aromatic N) is 2. The number of ether oxygens (including phenoxy) is 1. The molecule has 0 aliphatic heterocycles. The van der Waals surface area contributed by atoms with E-state index in [9.17, 15) is 4.79 Å². The Balaban J connectivity index is 1.64. The normalized spacial score (nSPS) is 10.3. The zero-order valence-corrected chi connectivity index (χ0v) is 13.7. The molecule has 2 rings (SSSR count). The third-order valence-corrected chi connectivity index (χ3v) is 3.50. The van der Waals surface area contributed by atoms with Crippen LogP contribution in [0.2, 0.25) is 0 Å². The molecule has 0 fully saturated rings. The molecular weight excluding hydrogens is 292 g/mol. The Morgan fingerprint density at radius 3 is 2.96 bits per heavy atom. The number of amides is 1. The molecule has 0 atom stereocenters. The average Bonchev–Trinajstić information content (AvgIpc) is 3.05. The number of imidazole rings is 1. The summed E-state index contributed by atoms with van der Waals surface area (Å²) in [6.07, 6.45) is 6.77. The van der Waals surface area contributed by atoms with Gasteiger partial charge in [-0.3, -0.25) is 4.79 Å². The summed E-state index contributed by atoms with van der Waals surface area (Å²) in [7, 11) is 1.64. The third kappa shape index (κ3) is 5.65. The fourth-order valence-electron chi connectivity index (χ4n) is 2.27. The minimum absolute atomic E-state index is 0.0507. The number of nitrogens with one attached hydrogen (secondary N) is 2. The standard InChI is InChI=1S/C17H24N4O2/c1-14-4-5-16(23-2)15(12-14)19-8-6-17(22)20-7-3-10-21-11-9-18-13-21/h4-5,9,11-13,19H,3,6-8,10H2,1-2H3,(H,20,22). The molecule has 1 amide bonds. The number of aryl methyl sites for hydroxylation is 2. The van der Waals surface area contributed by atoms with E-state index in [-0.39, 0.29) is 5.91 Å². The average molecular weight is 316 g/mol. The van der Waals surface area contributed by atoms with Gasteiger partial charge in [-0.25, -0.2) is 4.98 Å². The van der Waals surface area contributed by atoms with E-state index in [0.717, 1.165) is 30.0 Å². The zero-order valence-electron chi connectivity index (χ0n) is 13.7. The largest absolute Gasteiger partial charge is 0.495 e. The van der Waals surface area contributed by atoms with Crippen LogP contribution < -0.4 is 15.4 Å². The van der Waals surface area contributed by atoms with Crippen molar-refractivity contribution in [3.05, 3.63) is 42.5 Å². The Bertz CT molecular complexity index is 611. The number of hydrogen-bond acceptors (Lipinski definition) is 4. The number of aromatic nitrogens is 2. The first-order valence-electron chi connectivity index (χ1n) is 7.80. The Hall–Kier alpha value is -2.50. The number of rotatable bonds is 9. The van der Waals surface area contributed by atoms with Crippen LogP contribution in [0.4, 0.5) is 5.69 Å². The van der Waals surface area contributed by atoms with E-state index >= 15 is 0 Å². The maximum atomic E-state index is 11.8. The van der Waals surface area contributed by atoms with Gasteiger partial charge in [0.05, 0.1) is 19.1 Å². The Kier molecular flexibility index (Phi) is 6.47. The lowest BCUT2D eigenvalue weighted by molar-refractivity contribution is -0.120. The molecule has 0 aliphatic rings. The highest BCUT2D eigenvalue weighted by molar-refractivity contribution is 5.76. The van der Waals surface area contributed by atoms with Crippen molar-refractivity contribution in [1.29, 1.82) is 0 Å². The molecule has 2 N–H and O–H groups in total. The first-order valence-corrected chi connectivity index (χ1v) is 7.80. The van der Waals surface area contributed by atoms with Crippen LogP contribution in [0, 0.1) is 6.92 Å². The number of carbonyl (C=O) groups excluding carboxylic acids is 1. The van der Waals surface area contributed by atoms with Crippen molar-refractivity contribution in [3.8, 4) is 5.75 Å². The van der Waals surface area contributed by atoms with Crippen LogP contribution in [0.1, 0.15) is 18.4 Å². The van der Waals surface area contributed by atoms with Gasteiger partial charge in [0.15, 0.2) is 0 Å². The highest BCUT2D eigenvalue weighted by atomic mass is 16.5. The predicted molar refractivity (Wildman–Crippen MR) is 90.7 cm³/mol. The van der Waals surface area contributed by atoms with E-state index in [1.54, 1.807) is 19.6 Å². The second-order valence-corrected chi connectivity index (χ2v) is 5.38. The molecule has 0 saturated carbocycles. The van der Waals surface area contributed by atoms with Crippen molar-refractivity contribution in [2.45, 2.75) is 26.3 Å². The monoisotopic (exact) mass is 316 g/mol. The highest BCUT2D eigenvalue weighted by Gasteiger charge is 2.04. The van der Waals surface area contributed by atoms with Crippen molar-refractivity contribution in [2.24, 2.45) is 0 Å². The van der Waals surface area contributed by atoms with Gasteiger partial charge in [-0.05, 0) is 31.0 Å². The van der Waals surface area contributed by atoms with Crippen molar-refractivity contribution >= 4 is 11.6 Å². The summed E-state index contributed by atoms with van der Waals surface area (Å²) in [4.78, 5) is 15.8. The van der Waals surface area contributed by atoms with Crippen molar-refractivity contribution in [3.63, 3.8) is 0 Å².